The van der Waals surface area contributed by atoms with Crippen LogP contribution in [0.1, 0.15) is 13.3 Å². The summed E-state index contributed by atoms with van der Waals surface area (Å²) in [7, 11) is -3.91. The molecule has 0 spiro atoms. The molecule has 1 atom stereocenters. The highest BCUT2D eigenvalue weighted by Gasteiger charge is 2.34. The van der Waals surface area contributed by atoms with Crippen LogP contribution in [0.3, 0.4) is 0 Å². The lowest BCUT2D eigenvalue weighted by atomic mass is 10.4. The fourth-order valence-corrected chi connectivity index (χ4v) is 1.10. The van der Waals surface area contributed by atoms with Gasteiger partial charge in [0.25, 0.3) is 0 Å². The van der Waals surface area contributed by atoms with Crippen molar-refractivity contribution in [1.82, 2.24) is 5.32 Å². The van der Waals surface area contributed by atoms with Crippen LogP contribution in [0.2, 0.25) is 5.54 Å². The van der Waals surface area contributed by atoms with Crippen molar-refractivity contribution in [3.8, 4) is 0 Å². The van der Waals surface area contributed by atoms with Gasteiger partial charge in [0.15, 0.2) is 0 Å². The van der Waals surface area contributed by atoms with E-state index in [4.69, 9.17) is 20.1 Å². The first-order valence-corrected chi connectivity index (χ1v) is 5.98. The Labute approximate surface area is 73.6 Å². The summed E-state index contributed by atoms with van der Waals surface area (Å²) in [6.45, 7) is 3.37. The van der Waals surface area contributed by atoms with Crippen LogP contribution in [-0.2, 0) is 0 Å². The maximum absolute atomic E-state index is 8.83. The molecule has 12 heavy (non-hydrogen) atoms. The second-order valence-electron chi connectivity index (χ2n) is 2.93. The van der Waals surface area contributed by atoms with Gasteiger partial charge in [0, 0.05) is 12.1 Å². The van der Waals surface area contributed by atoms with E-state index in [-0.39, 0.29) is 0 Å². The predicted molar refractivity (Wildman–Crippen MR) is 48.4 cm³/mol. The van der Waals surface area contributed by atoms with Crippen molar-refractivity contribution in [1.29, 1.82) is 0 Å². The summed E-state index contributed by atoms with van der Waals surface area (Å²) in [5.41, 5.74) is 4.78. The van der Waals surface area contributed by atoms with Gasteiger partial charge in [-0.25, -0.2) is 0 Å². The molecule has 0 aromatic rings. The second kappa shape index (κ2) is 5.63. The number of rotatable bonds is 6. The smallest absolute Gasteiger partial charge is 0.390 e. The van der Waals surface area contributed by atoms with Crippen LogP contribution in [0.25, 0.3) is 0 Å². The van der Waals surface area contributed by atoms with E-state index < -0.39 is 14.3 Å². The maximum Gasteiger partial charge on any atom is 0.497 e. The molecule has 0 aromatic carbocycles. The van der Waals surface area contributed by atoms with Crippen LogP contribution in [0.4, 0.5) is 0 Å². The molecule has 74 valence electrons. The van der Waals surface area contributed by atoms with Gasteiger partial charge in [0.2, 0.25) is 0 Å². The van der Waals surface area contributed by atoms with Crippen LogP contribution < -0.4 is 11.1 Å². The molecule has 0 heterocycles. The van der Waals surface area contributed by atoms with Gasteiger partial charge in [-0.05, 0) is 19.5 Å². The minimum atomic E-state index is -3.91. The average Bonchev–Trinajstić information content (AvgIpc) is 1.96. The van der Waals surface area contributed by atoms with Crippen LogP contribution in [0.5, 0.6) is 0 Å². The molecule has 0 saturated carbocycles. The summed E-state index contributed by atoms with van der Waals surface area (Å²) >= 11 is 0. The SMILES string of the molecule is CC(CNCCCN)[Si](O)(O)O. The molecule has 6 heteroatoms. The monoisotopic (exact) mass is 194 g/mol. The van der Waals surface area contributed by atoms with Crippen molar-refractivity contribution in [3.05, 3.63) is 0 Å². The molecular weight excluding hydrogens is 176 g/mol. The highest BCUT2D eigenvalue weighted by molar-refractivity contribution is 6.57. The Morgan fingerprint density at radius 2 is 2.00 bits per heavy atom. The summed E-state index contributed by atoms with van der Waals surface area (Å²) in [6.07, 6.45) is 0.851. The predicted octanol–water partition coefficient (Wildman–Crippen LogP) is -1.77. The first kappa shape index (κ1) is 12.0. The molecule has 6 N–H and O–H groups in total. The zero-order valence-electron chi connectivity index (χ0n) is 7.32. The van der Waals surface area contributed by atoms with Crippen molar-refractivity contribution >= 4 is 8.80 Å². The first-order chi connectivity index (χ1) is 5.48. The van der Waals surface area contributed by atoms with E-state index in [0.717, 1.165) is 13.0 Å². The minimum absolute atomic E-state index is 0.412. The molecule has 0 amide bonds. The Hall–Kier alpha value is 0.0169. The summed E-state index contributed by atoms with van der Waals surface area (Å²) < 4.78 is 0. The Bertz CT molecular complexity index is 118. The fraction of sp³-hybridized carbons (Fsp3) is 1.00. The van der Waals surface area contributed by atoms with E-state index in [1.807, 2.05) is 0 Å². The van der Waals surface area contributed by atoms with E-state index in [2.05, 4.69) is 5.32 Å². The lowest BCUT2D eigenvalue weighted by Crippen LogP contribution is -2.43. The number of hydrogen-bond acceptors (Lipinski definition) is 5. The van der Waals surface area contributed by atoms with Gasteiger partial charge < -0.3 is 25.4 Å². The Kier molecular flexibility index (Phi) is 5.63. The van der Waals surface area contributed by atoms with Crippen molar-refractivity contribution in [2.24, 2.45) is 5.73 Å². The van der Waals surface area contributed by atoms with E-state index in [9.17, 15) is 0 Å². The van der Waals surface area contributed by atoms with E-state index in [1.165, 1.54) is 0 Å². The molecule has 0 rings (SSSR count). The summed E-state index contributed by atoms with van der Waals surface area (Å²) in [6, 6.07) is 0. The number of nitrogens with two attached hydrogens (primary N) is 1. The van der Waals surface area contributed by atoms with Crippen LogP contribution >= 0.6 is 0 Å². The van der Waals surface area contributed by atoms with Crippen LogP contribution in [-0.4, -0.2) is 42.8 Å². The Morgan fingerprint density at radius 3 is 2.42 bits per heavy atom. The molecule has 0 aliphatic carbocycles. The van der Waals surface area contributed by atoms with Gasteiger partial charge in [-0.1, -0.05) is 6.92 Å². The second-order valence-corrected chi connectivity index (χ2v) is 5.29. The highest BCUT2D eigenvalue weighted by Crippen LogP contribution is 2.10. The normalized spacial score (nSPS) is 14.8. The molecule has 0 fully saturated rings. The third-order valence-electron chi connectivity index (χ3n) is 1.67. The molecule has 0 bridgehead atoms. The van der Waals surface area contributed by atoms with Crippen molar-refractivity contribution in [2.75, 3.05) is 19.6 Å². The molecule has 1 unspecified atom stereocenters. The molecule has 0 saturated heterocycles. The van der Waals surface area contributed by atoms with E-state index in [0.29, 0.717) is 13.1 Å². The molecule has 0 aromatic heterocycles. The average molecular weight is 194 g/mol. The van der Waals surface area contributed by atoms with Crippen molar-refractivity contribution < 1.29 is 14.4 Å². The number of nitrogens with one attached hydrogen (secondary N) is 1. The lowest BCUT2D eigenvalue weighted by molar-refractivity contribution is 0.211. The van der Waals surface area contributed by atoms with E-state index in [1.54, 1.807) is 6.92 Å². The summed E-state index contributed by atoms with van der Waals surface area (Å²) in [4.78, 5) is 26.5. The van der Waals surface area contributed by atoms with Crippen molar-refractivity contribution in [2.45, 2.75) is 18.9 Å². The van der Waals surface area contributed by atoms with Crippen molar-refractivity contribution in [3.63, 3.8) is 0 Å². The third-order valence-corrected chi connectivity index (χ3v) is 3.20. The van der Waals surface area contributed by atoms with Gasteiger partial charge in [0.1, 0.15) is 0 Å². The van der Waals surface area contributed by atoms with Gasteiger partial charge in [-0.2, -0.15) is 0 Å². The molecule has 0 aliphatic heterocycles. The molecule has 0 radical (unpaired) electrons. The maximum atomic E-state index is 8.83. The topological polar surface area (TPSA) is 98.7 Å². The minimum Gasteiger partial charge on any atom is -0.390 e. The van der Waals surface area contributed by atoms with Gasteiger partial charge in [-0.3, -0.25) is 0 Å². The Morgan fingerprint density at radius 1 is 1.42 bits per heavy atom. The van der Waals surface area contributed by atoms with Crippen LogP contribution in [0, 0.1) is 0 Å². The quantitative estimate of drug-likeness (QED) is 0.255. The zero-order valence-corrected chi connectivity index (χ0v) is 8.32. The van der Waals surface area contributed by atoms with Gasteiger partial charge in [-0.15, -0.1) is 0 Å². The molecular formula is C6H18N2O3Si. The largest absolute Gasteiger partial charge is 0.497 e. The standard InChI is InChI=1S/C6H18N2O3Si/c1-6(12(9,10)11)5-8-4-2-3-7/h6,8-11H,2-5,7H2,1H3. The third kappa shape index (κ3) is 5.64. The van der Waals surface area contributed by atoms with Gasteiger partial charge in [0.05, 0.1) is 0 Å². The van der Waals surface area contributed by atoms with E-state index >= 15 is 0 Å². The summed E-state index contributed by atoms with van der Waals surface area (Å²) in [5, 5.41) is 2.97. The van der Waals surface area contributed by atoms with Gasteiger partial charge >= 0.3 is 8.80 Å². The Balaban J connectivity index is 3.38. The number of hydrogen-bond donors (Lipinski definition) is 5. The van der Waals surface area contributed by atoms with Crippen LogP contribution in [0.15, 0.2) is 0 Å². The molecule has 5 nitrogen and oxygen atoms in total. The zero-order chi connectivity index (χ0) is 9.61. The fourth-order valence-electron chi connectivity index (χ4n) is 0.683. The molecule has 0 aliphatic rings. The highest BCUT2D eigenvalue weighted by atomic mass is 28.4. The lowest BCUT2D eigenvalue weighted by Gasteiger charge is -2.18. The first-order valence-electron chi connectivity index (χ1n) is 4.06. The summed E-state index contributed by atoms with van der Waals surface area (Å²) in [5.74, 6) is 0.